The van der Waals surface area contributed by atoms with Crippen molar-refractivity contribution in [3.05, 3.63) is 0 Å². The highest BCUT2D eigenvalue weighted by Gasteiger charge is 2.31. The summed E-state index contributed by atoms with van der Waals surface area (Å²) in [7, 11) is 0. The monoisotopic (exact) mass is 283 g/mol. The Morgan fingerprint density at radius 3 is 2.70 bits per heavy atom. The van der Waals surface area contributed by atoms with Crippen LogP contribution in [0.1, 0.15) is 58.3 Å². The summed E-state index contributed by atoms with van der Waals surface area (Å²) in [6.45, 7) is 5.97. The van der Waals surface area contributed by atoms with Gasteiger partial charge in [-0.15, -0.1) is 0 Å². The topological polar surface area (TPSA) is 43.7 Å². The van der Waals surface area contributed by atoms with Crippen molar-refractivity contribution in [3.63, 3.8) is 0 Å². The number of aliphatic hydroxyl groups excluding tert-OH is 2. The minimum absolute atomic E-state index is 0.0821. The molecule has 4 atom stereocenters. The number of aliphatic hydroxyl groups is 2. The summed E-state index contributed by atoms with van der Waals surface area (Å²) < 4.78 is 0. The fourth-order valence-corrected chi connectivity index (χ4v) is 4.28. The van der Waals surface area contributed by atoms with Crippen molar-refractivity contribution in [1.29, 1.82) is 0 Å². The lowest BCUT2D eigenvalue weighted by molar-refractivity contribution is 0.0163. The maximum absolute atomic E-state index is 10.3. The van der Waals surface area contributed by atoms with Gasteiger partial charge in [-0.2, -0.15) is 0 Å². The van der Waals surface area contributed by atoms with Gasteiger partial charge in [0.25, 0.3) is 0 Å². The van der Waals surface area contributed by atoms with E-state index in [1.54, 1.807) is 0 Å². The Kier molecular flexibility index (Phi) is 6.79. The molecule has 0 aromatic carbocycles. The molecule has 2 fully saturated rings. The number of hydrogen-bond donors (Lipinski definition) is 2. The number of nitrogens with zero attached hydrogens (tertiary/aromatic N) is 1. The first-order valence-electron chi connectivity index (χ1n) is 8.74. The molecule has 1 aliphatic heterocycles. The third-order valence-corrected chi connectivity index (χ3v) is 5.38. The van der Waals surface area contributed by atoms with Crippen LogP contribution in [0.3, 0.4) is 0 Å². The van der Waals surface area contributed by atoms with Crippen LogP contribution in [0.5, 0.6) is 0 Å². The van der Waals surface area contributed by atoms with Crippen molar-refractivity contribution in [3.8, 4) is 0 Å². The van der Waals surface area contributed by atoms with E-state index in [0.29, 0.717) is 18.4 Å². The quantitative estimate of drug-likeness (QED) is 0.787. The second-order valence-electron chi connectivity index (χ2n) is 7.08. The Morgan fingerprint density at radius 2 is 1.95 bits per heavy atom. The van der Waals surface area contributed by atoms with Gasteiger partial charge in [0.1, 0.15) is 0 Å². The molecular weight excluding hydrogens is 250 g/mol. The smallest absolute Gasteiger partial charge is 0.0580 e. The molecule has 2 aliphatic rings. The van der Waals surface area contributed by atoms with Crippen LogP contribution in [0.25, 0.3) is 0 Å². The molecule has 0 bridgehead atoms. The lowest BCUT2D eigenvalue weighted by atomic mass is 9.77. The van der Waals surface area contributed by atoms with Crippen molar-refractivity contribution in [2.75, 3.05) is 26.2 Å². The van der Waals surface area contributed by atoms with Gasteiger partial charge in [0, 0.05) is 19.7 Å². The van der Waals surface area contributed by atoms with Crippen LogP contribution in [0.4, 0.5) is 0 Å². The summed E-state index contributed by atoms with van der Waals surface area (Å²) in [5.74, 6) is 1.99. The third kappa shape index (κ3) is 4.71. The molecule has 3 heteroatoms. The van der Waals surface area contributed by atoms with Gasteiger partial charge in [-0.25, -0.2) is 0 Å². The van der Waals surface area contributed by atoms with Gasteiger partial charge in [-0.1, -0.05) is 19.8 Å². The molecule has 4 unspecified atom stereocenters. The second-order valence-corrected chi connectivity index (χ2v) is 7.08. The molecule has 1 heterocycles. The molecule has 0 aromatic heterocycles. The molecule has 20 heavy (non-hydrogen) atoms. The van der Waals surface area contributed by atoms with Crippen LogP contribution in [0, 0.1) is 17.8 Å². The zero-order chi connectivity index (χ0) is 14.4. The highest BCUT2D eigenvalue weighted by atomic mass is 16.3. The van der Waals surface area contributed by atoms with E-state index in [1.807, 2.05) is 0 Å². The number of rotatable bonds is 6. The van der Waals surface area contributed by atoms with Gasteiger partial charge in [0.2, 0.25) is 0 Å². The Hall–Kier alpha value is -0.120. The first kappa shape index (κ1) is 16.3. The zero-order valence-electron chi connectivity index (χ0n) is 13.1. The van der Waals surface area contributed by atoms with Crippen LogP contribution < -0.4 is 0 Å². The maximum Gasteiger partial charge on any atom is 0.0580 e. The van der Waals surface area contributed by atoms with E-state index in [9.17, 15) is 5.11 Å². The minimum atomic E-state index is -0.0821. The molecule has 118 valence electrons. The number of piperidine rings is 1. The van der Waals surface area contributed by atoms with Crippen LogP contribution in [0.15, 0.2) is 0 Å². The zero-order valence-corrected chi connectivity index (χ0v) is 13.1. The molecular formula is C17H33NO2. The van der Waals surface area contributed by atoms with E-state index >= 15 is 0 Å². The molecule has 0 amide bonds. The summed E-state index contributed by atoms with van der Waals surface area (Å²) >= 11 is 0. The fraction of sp³-hybridized carbons (Fsp3) is 1.00. The molecule has 0 radical (unpaired) electrons. The summed E-state index contributed by atoms with van der Waals surface area (Å²) in [4.78, 5) is 2.55. The number of likely N-dealkylation sites (tertiary alicyclic amines) is 1. The fourth-order valence-electron chi connectivity index (χ4n) is 4.28. The van der Waals surface area contributed by atoms with Gasteiger partial charge < -0.3 is 15.1 Å². The SMILES string of the molecule is CCCC1CCC(O)C(CN2CCCC(CCO)C2)C1. The molecule has 2 rings (SSSR count). The first-order valence-corrected chi connectivity index (χ1v) is 8.74. The van der Waals surface area contributed by atoms with E-state index in [0.717, 1.165) is 31.8 Å². The van der Waals surface area contributed by atoms with E-state index in [-0.39, 0.29) is 6.10 Å². The van der Waals surface area contributed by atoms with Crippen LogP contribution in [0.2, 0.25) is 0 Å². The predicted molar refractivity (Wildman–Crippen MR) is 82.6 cm³/mol. The molecule has 1 saturated carbocycles. The highest BCUT2D eigenvalue weighted by Crippen LogP contribution is 2.33. The third-order valence-electron chi connectivity index (χ3n) is 5.38. The van der Waals surface area contributed by atoms with E-state index in [2.05, 4.69) is 11.8 Å². The summed E-state index contributed by atoms with van der Waals surface area (Å²) in [6, 6.07) is 0. The summed E-state index contributed by atoms with van der Waals surface area (Å²) in [5.41, 5.74) is 0. The van der Waals surface area contributed by atoms with Crippen LogP contribution >= 0.6 is 0 Å². The Bertz CT molecular complexity index is 270. The first-order chi connectivity index (χ1) is 9.72. The largest absolute Gasteiger partial charge is 0.396 e. The normalized spacial score (nSPS) is 36.1. The van der Waals surface area contributed by atoms with Crippen LogP contribution in [-0.4, -0.2) is 47.5 Å². The van der Waals surface area contributed by atoms with Crippen molar-refractivity contribution in [2.45, 2.75) is 64.4 Å². The minimum Gasteiger partial charge on any atom is -0.396 e. The van der Waals surface area contributed by atoms with Crippen LogP contribution in [-0.2, 0) is 0 Å². The van der Waals surface area contributed by atoms with E-state index < -0.39 is 0 Å². The molecule has 1 aliphatic carbocycles. The molecule has 2 N–H and O–H groups in total. The Morgan fingerprint density at radius 1 is 1.10 bits per heavy atom. The lowest BCUT2D eigenvalue weighted by Gasteiger charge is -2.39. The molecule has 0 spiro atoms. The lowest BCUT2D eigenvalue weighted by Crippen LogP contribution is -2.43. The van der Waals surface area contributed by atoms with Gasteiger partial charge in [-0.3, -0.25) is 0 Å². The second kappa shape index (κ2) is 8.35. The summed E-state index contributed by atoms with van der Waals surface area (Å²) in [6.07, 6.45) is 9.43. The van der Waals surface area contributed by atoms with Gasteiger partial charge in [0.05, 0.1) is 6.10 Å². The standard InChI is InChI=1S/C17H33NO2/c1-2-4-14-6-7-17(20)16(11-14)13-18-9-3-5-15(12-18)8-10-19/h14-17,19-20H,2-13H2,1H3. The van der Waals surface area contributed by atoms with E-state index in [1.165, 1.54) is 45.1 Å². The van der Waals surface area contributed by atoms with Crippen molar-refractivity contribution in [1.82, 2.24) is 4.90 Å². The Labute approximate surface area is 124 Å². The van der Waals surface area contributed by atoms with Gasteiger partial charge in [-0.05, 0) is 62.8 Å². The number of hydrogen-bond acceptors (Lipinski definition) is 3. The molecule has 1 saturated heterocycles. The summed E-state index contributed by atoms with van der Waals surface area (Å²) in [5, 5.41) is 19.4. The van der Waals surface area contributed by atoms with E-state index in [4.69, 9.17) is 5.11 Å². The maximum atomic E-state index is 10.3. The Balaban J connectivity index is 1.80. The van der Waals surface area contributed by atoms with Gasteiger partial charge >= 0.3 is 0 Å². The predicted octanol–water partition coefficient (Wildman–Crippen LogP) is 2.66. The average molecular weight is 283 g/mol. The molecule has 0 aromatic rings. The highest BCUT2D eigenvalue weighted by molar-refractivity contribution is 4.83. The average Bonchev–Trinajstić information content (AvgIpc) is 2.44. The van der Waals surface area contributed by atoms with Gasteiger partial charge in [0.15, 0.2) is 0 Å². The van der Waals surface area contributed by atoms with Crippen molar-refractivity contribution < 1.29 is 10.2 Å². The molecule has 3 nitrogen and oxygen atoms in total. The van der Waals surface area contributed by atoms with Crippen molar-refractivity contribution in [2.24, 2.45) is 17.8 Å². The van der Waals surface area contributed by atoms with Crippen molar-refractivity contribution >= 4 is 0 Å².